The molecule has 0 aliphatic carbocycles. The predicted molar refractivity (Wildman–Crippen MR) is 260 cm³/mol. The first kappa shape index (κ1) is 52.0. The maximum Gasteiger partial charge on any atom is 0.417 e. The Balaban J connectivity index is 0.000000211. The molecule has 0 unspecified atom stereocenters. The average Bonchev–Trinajstić information content (AvgIpc) is 4.06. The van der Waals surface area contributed by atoms with Gasteiger partial charge in [-0.3, -0.25) is 9.59 Å². The van der Waals surface area contributed by atoms with Gasteiger partial charge in [0.2, 0.25) is 11.6 Å². The summed E-state index contributed by atoms with van der Waals surface area (Å²) in [7, 11) is 0. The molecule has 0 saturated heterocycles. The Morgan fingerprint density at radius 2 is 0.819 bits per heavy atom. The number of carboxylic acid groups (broad SMARTS) is 2. The van der Waals surface area contributed by atoms with Crippen molar-refractivity contribution in [3.63, 3.8) is 0 Å². The van der Waals surface area contributed by atoms with Crippen LogP contribution in [0.2, 0.25) is 0 Å². The van der Waals surface area contributed by atoms with Crippen LogP contribution in [0.5, 0.6) is 0 Å². The number of halogens is 6. The SMILES string of the molecule is Cc1cc(-c2nc(-c3ccc([C@@H](C)C[C@@H](C)C(=O)O)cc3)no2)ccc1-c1ccccc1C(F)(F)F.Cc1cc(-c2nc(-c3ccc([C@H](C)C[C@H](C)C(=O)O)cc3)no2)ccc1-c1ccccc1C(F)(F)F. The summed E-state index contributed by atoms with van der Waals surface area (Å²) in [5.41, 5.74) is 5.84. The quantitative estimate of drug-likeness (QED) is 0.101. The molecule has 8 rings (SSSR count). The average molecular weight is 989 g/mol. The van der Waals surface area contributed by atoms with Crippen LogP contribution in [0, 0.1) is 25.7 Å². The zero-order chi connectivity index (χ0) is 52.1. The van der Waals surface area contributed by atoms with Gasteiger partial charge in [0.25, 0.3) is 11.8 Å². The fourth-order valence-corrected chi connectivity index (χ4v) is 8.50. The van der Waals surface area contributed by atoms with Crippen LogP contribution >= 0.6 is 0 Å². The number of carbonyl (C=O) groups is 2. The Bertz CT molecular complexity index is 2970. The Hall–Kier alpha value is -7.88. The first-order chi connectivity index (χ1) is 34.1. The molecule has 0 spiro atoms. The Morgan fingerprint density at radius 1 is 0.486 bits per heavy atom. The van der Waals surface area contributed by atoms with E-state index in [9.17, 15) is 35.9 Å². The minimum absolute atomic E-state index is 0.0787. The Morgan fingerprint density at radius 3 is 1.14 bits per heavy atom. The summed E-state index contributed by atoms with van der Waals surface area (Å²) in [6.07, 6.45) is -7.84. The van der Waals surface area contributed by atoms with Gasteiger partial charge in [-0.15, -0.1) is 0 Å². The maximum atomic E-state index is 13.5. The van der Waals surface area contributed by atoms with Crippen molar-refractivity contribution in [2.75, 3.05) is 0 Å². The molecular weight excluding hydrogens is 939 g/mol. The van der Waals surface area contributed by atoms with E-state index in [1.54, 1.807) is 76.2 Å². The van der Waals surface area contributed by atoms with E-state index >= 15 is 0 Å². The van der Waals surface area contributed by atoms with Crippen LogP contribution in [0.1, 0.15) is 85.8 Å². The highest BCUT2D eigenvalue weighted by Gasteiger charge is 2.35. The molecule has 2 heterocycles. The summed E-state index contributed by atoms with van der Waals surface area (Å²) in [5, 5.41) is 26.4. The Labute approximate surface area is 411 Å². The summed E-state index contributed by atoms with van der Waals surface area (Å²) in [6.45, 7) is 10.8. The van der Waals surface area contributed by atoms with Crippen LogP contribution in [0.4, 0.5) is 26.3 Å². The number of hydrogen-bond acceptors (Lipinski definition) is 8. The molecule has 0 aliphatic rings. The molecule has 6 aromatic carbocycles. The third-order valence-electron chi connectivity index (χ3n) is 12.6. The summed E-state index contributed by atoms with van der Waals surface area (Å²) < 4.78 is 91.7. The second-order valence-electron chi connectivity index (χ2n) is 18.0. The van der Waals surface area contributed by atoms with E-state index in [2.05, 4.69) is 20.3 Å². The minimum Gasteiger partial charge on any atom is -0.481 e. The van der Waals surface area contributed by atoms with E-state index in [1.165, 1.54) is 24.3 Å². The molecule has 10 nitrogen and oxygen atoms in total. The van der Waals surface area contributed by atoms with Gasteiger partial charge >= 0.3 is 24.3 Å². The highest BCUT2D eigenvalue weighted by molar-refractivity contribution is 5.76. The number of benzene rings is 6. The molecule has 0 amide bonds. The van der Waals surface area contributed by atoms with Crippen molar-refractivity contribution in [3.05, 3.63) is 167 Å². The number of aromatic nitrogens is 4. The van der Waals surface area contributed by atoms with Crippen molar-refractivity contribution in [1.29, 1.82) is 0 Å². The van der Waals surface area contributed by atoms with Crippen molar-refractivity contribution in [2.24, 2.45) is 11.8 Å². The van der Waals surface area contributed by atoms with Crippen molar-refractivity contribution in [3.8, 4) is 67.9 Å². The van der Waals surface area contributed by atoms with Gasteiger partial charge in [0.1, 0.15) is 0 Å². The highest BCUT2D eigenvalue weighted by atomic mass is 19.4. The number of aliphatic carboxylic acids is 2. The first-order valence-electron chi connectivity index (χ1n) is 23.0. The van der Waals surface area contributed by atoms with Gasteiger partial charge in [0, 0.05) is 22.3 Å². The van der Waals surface area contributed by atoms with Gasteiger partial charge in [-0.2, -0.15) is 36.3 Å². The van der Waals surface area contributed by atoms with E-state index in [0.717, 1.165) is 34.4 Å². The van der Waals surface area contributed by atoms with Gasteiger partial charge in [-0.25, -0.2) is 0 Å². The lowest BCUT2D eigenvalue weighted by atomic mass is 9.91. The van der Waals surface area contributed by atoms with E-state index in [0.29, 0.717) is 57.9 Å². The third kappa shape index (κ3) is 12.2. The predicted octanol–water partition coefficient (Wildman–Crippen LogP) is 15.2. The molecule has 0 fully saturated rings. The zero-order valence-corrected chi connectivity index (χ0v) is 40.0. The molecule has 0 bridgehead atoms. The van der Waals surface area contributed by atoms with Crippen molar-refractivity contribution >= 4 is 11.9 Å². The lowest BCUT2D eigenvalue weighted by Gasteiger charge is -2.15. The maximum absolute atomic E-state index is 13.5. The molecule has 0 aliphatic heterocycles. The normalized spacial score (nSPS) is 13.4. The van der Waals surface area contributed by atoms with E-state index in [4.69, 9.17) is 19.3 Å². The molecule has 72 heavy (non-hydrogen) atoms. The van der Waals surface area contributed by atoms with Crippen LogP contribution in [-0.4, -0.2) is 42.4 Å². The summed E-state index contributed by atoms with van der Waals surface area (Å²) in [4.78, 5) is 31.2. The van der Waals surface area contributed by atoms with Crippen LogP contribution in [0.15, 0.2) is 143 Å². The second-order valence-corrected chi connectivity index (χ2v) is 18.0. The fraction of sp³-hybridized carbons (Fsp3) is 0.250. The molecule has 16 heteroatoms. The molecule has 4 atom stereocenters. The molecule has 2 aromatic heterocycles. The van der Waals surface area contributed by atoms with Gasteiger partial charge in [-0.1, -0.05) is 135 Å². The molecule has 2 N–H and O–H groups in total. The van der Waals surface area contributed by atoms with E-state index in [-0.39, 0.29) is 34.7 Å². The monoisotopic (exact) mass is 988 g/mol. The molecule has 8 aromatic rings. The first-order valence-corrected chi connectivity index (χ1v) is 23.0. The second kappa shape index (κ2) is 21.6. The smallest absolute Gasteiger partial charge is 0.417 e. The Kier molecular flexibility index (Phi) is 15.6. The topological polar surface area (TPSA) is 152 Å². The van der Waals surface area contributed by atoms with Crippen molar-refractivity contribution < 1.29 is 55.2 Å². The lowest BCUT2D eigenvalue weighted by Crippen LogP contribution is -2.12. The van der Waals surface area contributed by atoms with Gasteiger partial charge in [0.15, 0.2) is 0 Å². The van der Waals surface area contributed by atoms with Gasteiger partial charge in [0.05, 0.1) is 23.0 Å². The lowest BCUT2D eigenvalue weighted by molar-refractivity contribution is -0.142. The molecule has 372 valence electrons. The van der Waals surface area contributed by atoms with Crippen LogP contribution in [0.25, 0.3) is 67.9 Å². The third-order valence-corrected chi connectivity index (χ3v) is 12.6. The summed E-state index contributed by atoms with van der Waals surface area (Å²) >= 11 is 0. The number of alkyl halides is 6. The number of nitrogens with zero attached hydrogens (tertiary/aromatic N) is 4. The van der Waals surface area contributed by atoms with E-state index in [1.807, 2.05) is 62.4 Å². The summed E-state index contributed by atoms with van der Waals surface area (Å²) in [5.74, 6) is -1.05. The van der Waals surface area contributed by atoms with Crippen molar-refractivity contribution in [2.45, 2.75) is 78.6 Å². The van der Waals surface area contributed by atoms with E-state index < -0.39 is 47.3 Å². The van der Waals surface area contributed by atoms with Gasteiger partial charge in [-0.05, 0) is 119 Å². The number of aryl methyl sites for hydroxylation is 2. The standard InChI is InChI=1S/2C28H25F3N2O3/c2*1-16(14-18(3)27(34)35)19-8-10-20(11-9-19)25-32-26(36-33-25)21-12-13-22(17(2)15-21)23-6-4-5-7-24(23)28(29,30)31/h2*4-13,15-16,18H,14H2,1-3H3,(H,34,35)/t2*16-,18+/m10/s1. The number of hydrogen-bond donors (Lipinski definition) is 2. The summed E-state index contributed by atoms with van der Waals surface area (Å²) in [6, 6.07) is 36.1. The number of carboxylic acids is 2. The van der Waals surface area contributed by atoms with Crippen LogP contribution in [-0.2, 0) is 21.9 Å². The fourth-order valence-electron chi connectivity index (χ4n) is 8.50. The number of rotatable bonds is 14. The zero-order valence-electron chi connectivity index (χ0n) is 40.0. The largest absolute Gasteiger partial charge is 0.481 e. The van der Waals surface area contributed by atoms with Crippen molar-refractivity contribution in [1.82, 2.24) is 20.3 Å². The molecule has 0 radical (unpaired) electrons. The molecular formula is C56H50F6N4O6. The van der Waals surface area contributed by atoms with Crippen LogP contribution < -0.4 is 0 Å². The highest BCUT2D eigenvalue weighted by Crippen LogP contribution is 2.41. The minimum atomic E-state index is -4.45. The van der Waals surface area contributed by atoms with Gasteiger partial charge < -0.3 is 19.3 Å². The molecule has 0 saturated carbocycles. The van der Waals surface area contributed by atoms with Crippen LogP contribution in [0.3, 0.4) is 0 Å².